The van der Waals surface area contributed by atoms with E-state index in [0.29, 0.717) is 0 Å². The van der Waals surface area contributed by atoms with Crippen LogP contribution in [-0.2, 0) is 21.7 Å². The highest BCUT2D eigenvalue weighted by molar-refractivity contribution is 7.98. The number of benzene rings is 1. The summed E-state index contributed by atoms with van der Waals surface area (Å²) in [6.07, 6.45) is 1.14. The lowest BCUT2D eigenvalue weighted by Gasteiger charge is -2.07. The SMILES string of the molecule is COCCCSCc1ccccc1CC(=O)O. The lowest BCUT2D eigenvalue weighted by Crippen LogP contribution is -2.03. The highest BCUT2D eigenvalue weighted by atomic mass is 32.2. The molecule has 4 heteroatoms. The highest BCUT2D eigenvalue weighted by Crippen LogP contribution is 2.17. The Labute approximate surface area is 106 Å². The summed E-state index contributed by atoms with van der Waals surface area (Å²) in [4.78, 5) is 10.7. The smallest absolute Gasteiger partial charge is 0.307 e. The van der Waals surface area contributed by atoms with Crippen molar-refractivity contribution in [2.24, 2.45) is 0 Å². The number of methoxy groups -OCH3 is 1. The maximum Gasteiger partial charge on any atom is 0.307 e. The molecule has 1 aromatic carbocycles. The van der Waals surface area contributed by atoms with Gasteiger partial charge in [0.25, 0.3) is 0 Å². The van der Waals surface area contributed by atoms with Crippen LogP contribution in [-0.4, -0.2) is 30.5 Å². The van der Waals surface area contributed by atoms with Crippen molar-refractivity contribution >= 4 is 17.7 Å². The molecule has 1 N–H and O–H groups in total. The van der Waals surface area contributed by atoms with Crippen LogP contribution in [0.15, 0.2) is 24.3 Å². The van der Waals surface area contributed by atoms with E-state index < -0.39 is 5.97 Å². The third kappa shape index (κ3) is 5.75. The van der Waals surface area contributed by atoms with Crippen LogP contribution in [0.4, 0.5) is 0 Å². The van der Waals surface area contributed by atoms with Crippen LogP contribution in [0.2, 0.25) is 0 Å². The first-order valence-electron chi connectivity index (χ1n) is 5.59. The summed E-state index contributed by atoms with van der Waals surface area (Å²) in [5, 5.41) is 8.81. The number of hydrogen-bond donors (Lipinski definition) is 1. The van der Waals surface area contributed by atoms with Crippen molar-refractivity contribution in [3.63, 3.8) is 0 Å². The summed E-state index contributed by atoms with van der Waals surface area (Å²) >= 11 is 1.81. The van der Waals surface area contributed by atoms with E-state index in [0.717, 1.165) is 35.7 Å². The Morgan fingerprint density at radius 3 is 2.71 bits per heavy atom. The highest BCUT2D eigenvalue weighted by Gasteiger charge is 2.05. The summed E-state index contributed by atoms with van der Waals surface area (Å²) in [7, 11) is 1.70. The number of carboxylic acids is 1. The first-order chi connectivity index (χ1) is 8.24. The molecular formula is C13H18O3S. The first-order valence-corrected chi connectivity index (χ1v) is 6.74. The molecule has 94 valence electrons. The lowest BCUT2D eigenvalue weighted by molar-refractivity contribution is -0.136. The first kappa shape index (κ1) is 14.1. The molecule has 0 saturated heterocycles. The molecule has 0 bridgehead atoms. The number of carbonyl (C=O) groups is 1. The molecule has 0 amide bonds. The standard InChI is InChI=1S/C13H18O3S/c1-16-7-4-8-17-10-12-6-3-2-5-11(12)9-13(14)15/h2-3,5-6H,4,7-10H2,1H3,(H,14,15). The van der Waals surface area contributed by atoms with Gasteiger partial charge in [-0.05, 0) is 23.3 Å². The van der Waals surface area contributed by atoms with Crippen molar-refractivity contribution in [1.82, 2.24) is 0 Å². The average molecular weight is 254 g/mol. The Morgan fingerprint density at radius 1 is 1.35 bits per heavy atom. The van der Waals surface area contributed by atoms with Crippen LogP contribution < -0.4 is 0 Å². The maximum atomic E-state index is 10.7. The van der Waals surface area contributed by atoms with E-state index in [1.807, 2.05) is 36.0 Å². The molecule has 0 spiro atoms. The number of rotatable bonds is 8. The Hall–Kier alpha value is -1.00. The minimum Gasteiger partial charge on any atom is -0.481 e. The number of thioether (sulfide) groups is 1. The van der Waals surface area contributed by atoms with Gasteiger partial charge < -0.3 is 9.84 Å². The summed E-state index contributed by atoms with van der Waals surface area (Å²) < 4.78 is 4.98. The molecule has 17 heavy (non-hydrogen) atoms. The second-order valence-corrected chi connectivity index (χ2v) is 4.84. The second-order valence-electron chi connectivity index (χ2n) is 3.74. The second kappa shape index (κ2) is 8.14. The Kier molecular flexibility index (Phi) is 6.74. The fraction of sp³-hybridized carbons (Fsp3) is 0.462. The minimum absolute atomic E-state index is 0.106. The number of aliphatic carboxylic acids is 1. The average Bonchev–Trinajstić information content (AvgIpc) is 2.30. The van der Waals surface area contributed by atoms with Gasteiger partial charge in [-0.3, -0.25) is 4.79 Å². The van der Waals surface area contributed by atoms with Gasteiger partial charge in [-0.25, -0.2) is 0 Å². The summed E-state index contributed by atoms with van der Waals surface area (Å²) in [5.41, 5.74) is 2.04. The van der Waals surface area contributed by atoms with E-state index in [4.69, 9.17) is 9.84 Å². The molecule has 1 aromatic rings. The molecule has 1 rings (SSSR count). The van der Waals surface area contributed by atoms with E-state index in [1.54, 1.807) is 7.11 Å². The van der Waals surface area contributed by atoms with Gasteiger partial charge >= 0.3 is 5.97 Å². The number of carboxylic acid groups (broad SMARTS) is 1. The third-order valence-corrected chi connectivity index (χ3v) is 3.45. The van der Waals surface area contributed by atoms with E-state index in [1.165, 1.54) is 0 Å². The molecule has 0 aliphatic rings. The molecule has 0 fully saturated rings. The van der Waals surface area contributed by atoms with Crippen molar-refractivity contribution < 1.29 is 14.6 Å². The van der Waals surface area contributed by atoms with Gasteiger partial charge in [-0.2, -0.15) is 11.8 Å². The van der Waals surface area contributed by atoms with Crippen molar-refractivity contribution in [1.29, 1.82) is 0 Å². The van der Waals surface area contributed by atoms with Gasteiger partial charge in [0.2, 0.25) is 0 Å². The molecule has 0 radical (unpaired) electrons. The monoisotopic (exact) mass is 254 g/mol. The van der Waals surface area contributed by atoms with Crippen LogP contribution in [0.25, 0.3) is 0 Å². The van der Waals surface area contributed by atoms with Crippen molar-refractivity contribution in [2.75, 3.05) is 19.5 Å². The number of ether oxygens (including phenoxy) is 1. The Bertz CT molecular complexity index is 352. The fourth-order valence-electron chi connectivity index (χ4n) is 1.52. The van der Waals surface area contributed by atoms with Crippen LogP contribution in [0.5, 0.6) is 0 Å². The van der Waals surface area contributed by atoms with Crippen molar-refractivity contribution in [2.45, 2.75) is 18.6 Å². The van der Waals surface area contributed by atoms with Crippen LogP contribution >= 0.6 is 11.8 Å². The van der Waals surface area contributed by atoms with Crippen LogP contribution in [0.3, 0.4) is 0 Å². The predicted molar refractivity (Wildman–Crippen MR) is 70.4 cm³/mol. The van der Waals surface area contributed by atoms with E-state index in [2.05, 4.69) is 0 Å². The number of hydrogen-bond acceptors (Lipinski definition) is 3. The molecule has 3 nitrogen and oxygen atoms in total. The molecule has 0 aliphatic heterocycles. The van der Waals surface area contributed by atoms with Crippen molar-refractivity contribution in [3.05, 3.63) is 35.4 Å². The Morgan fingerprint density at radius 2 is 2.06 bits per heavy atom. The summed E-state index contributed by atoms with van der Waals surface area (Å²) in [6.45, 7) is 0.782. The van der Waals surface area contributed by atoms with Gasteiger partial charge in [0.05, 0.1) is 6.42 Å². The molecule has 0 heterocycles. The van der Waals surface area contributed by atoms with Gasteiger partial charge in [-0.15, -0.1) is 0 Å². The molecule has 0 atom stereocenters. The topological polar surface area (TPSA) is 46.5 Å². The van der Waals surface area contributed by atoms with Gasteiger partial charge in [0.15, 0.2) is 0 Å². The maximum absolute atomic E-state index is 10.7. The largest absolute Gasteiger partial charge is 0.481 e. The molecule has 0 saturated carbocycles. The van der Waals surface area contributed by atoms with Crippen LogP contribution in [0.1, 0.15) is 17.5 Å². The van der Waals surface area contributed by atoms with Crippen molar-refractivity contribution in [3.8, 4) is 0 Å². The fourth-order valence-corrected chi connectivity index (χ4v) is 2.49. The van der Waals surface area contributed by atoms with E-state index >= 15 is 0 Å². The molecule has 0 aromatic heterocycles. The van der Waals surface area contributed by atoms with Crippen LogP contribution in [0, 0.1) is 0 Å². The normalized spacial score (nSPS) is 10.4. The summed E-state index contributed by atoms with van der Waals surface area (Å²) in [5.74, 6) is 1.13. The zero-order valence-corrected chi connectivity index (χ0v) is 10.8. The Balaban J connectivity index is 2.43. The molecule has 0 unspecified atom stereocenters. The quantitative estimate of drug-likeness (QED) is 0.724. The van der Waals surface area contributed by atoms with Gasteiger partial charge in [-0.1, -0.05) is 24.3 Å². The molecule has 0 aliphatic carbocycles. The minimum atomic E-state index is -0.776. The zero-order chi connectivity index (χ0) is 12.5. The van der Waals surface area contributed by atoms with E-state index in [-0.39, 0.29) is 6.42 Å². The third-order valence-electron chi connectivity index (χ3n) is 2.35. The van der Waals surface area contributed by atoms with Gasteiger partial charge in [0, 0.05) is 19.5 Å². The van der Waals surface area contributed by atoms with Gasteiger partial charge in [0.1, 0.15) is 0 Å². The lowest BCUT2D eigenvalue weighted by atomic mass is 10.1. The molecular weight excluding hydrogens is 236 g/mol. The predicted octanol–water partition coefficient (Wildman–Crippen LogP) is 2.58. The van der Waals surface area contributed by atoms with E-state index in [9.17, 15) is 4.79 Å². The zero-order valence-electron chi connectivity index (χ0n) is 10.0. The summed E-state index contributed by atoms with van der Waals surface area (Å²) in [6, 6.07) is 7.73.